The van der Waals surface area contributed by atoms with Gasteiger partial charge in [0.15, 0.2) is 0 Å². The molecule has 28 heavy (non-hydrogen) atoms. The summed E-state index contributed by atoms with van der Waals surface area (Å²) in [5.41, 5.74) is -1.34. The number of ether oxygens (including phenoxy) is 3. The zero-order chi connectivity index (χ0) is 20.6. The second kappa shape index (κ2) is 7.51. The average Bonchev–Trinajstić information content (AvgIpc) is 2.60. The number of rotatable bonds is 4. The fraction of sp³-hybridized carbons (Fsp3) is 0.474. The molecule has 0 bridgehead atoms. The lowest BCUT2D eigenvalue weighted by atomic mass is 9.89. The maximum absolute atomic E-state index is 12.0. The number of methoxy groups -OCH3 is 1. The highest BCUT2D eigenvalue weighted by molar-refractivity contribution is 5.91. The summed E-state index contributed by atoms with van der Waals surface area (Å²) in [6.07, 6.45) is -4.44. The zero-order valence-corrected chi connectivity index (χ0v) is 16.0. The number of anilines is 1. The van der Waals surface area contributed by atoms with Crippen molar-refractivity contribution in [1.29, 1.82) is 0 Å². The summed E-state index contributed by atoms with van der Waals surface area (Å²) in [6.45, 7) is 4.73. The smallest absolute Gasteiger partial charge is 0.360 e. The number of aliphatic hydroxyl groups is 2. The molecule has 2 heterocycles. The Balaban J connectivity index is 1.86. The Bertz CT molecular complexity index is 937. The molecule has 1 aromatic heterocycles. The summed E-state index contributed by atoms with van der Waals surface area (Å²) < 4.78 is 21.9. The van der Waals surface area contributed by atoms with E-state index >= 15 is 0 Å². The van der Waals surface area contributed by atoms with E-state index in [1.54, 1.807) is 26.0 Å². The van der Waals surface area contributed by atoms with Gasteiger partial charge in [0.25, 0.3) is 0 Å². The molecule has 4 atom stereocenters. The molecule has 0 saturated carbocycles. The highest BCUT2D eigenvalue weighted by atomic mass is 16.7. The molecule has 0 aliphatic carbocycles. The molecule has 0 spiro atoms. The molecule has 3 rings (SSSR count). The van der Waals surface area contributed by atoms with Crippen LogP contribution < -0.4 is 15.7 Å². The molecule has 9 heteroatoms. The van der Waals surface area contributed by atoms with E-state index in [0.29, 0.717) is 5.39 Å². The minimum absolute atomic E-state index is 0.0372. The Morgan fingerprint density at radius 1 is 1.21 bits per heavy atom. The van der Waals surface area contributed by atoms with E-state index in [0.717, 1.165) is 0 Å². The highest BCUT2D eigenvalue weighted by Gasteiger charge is 2.50. The predicted molar refractivity (Wildman–Crippen MR) is 99.2 cm³/mol. The second-order valence-electron chi connectivity index (χ2n) is 7.17. The Morgan fingerprint density at radius 2 is 1.93 bits per heavy atom. The fourth-order valence-electron chi connectivity index (χ4n) is 3.28. The molecule has 1 amide bonds. The van der Waals surface area contributed by atoms with Gasteiger partial charge in [-0.05, 0) is 32.0 Å². The SMILES string of the molecule is CO[C@@H]1[C@@H](O)[C@H](O)C(Oc2ccc3cc(NC(C)=O)c(=O)oc3c2)OC1(C)C. The maximum atomic E-state index is 12.0. The van der Waals surface area contributed by atoms with E-state index in [1.807, 2.05) is 0 Å². The number of carbonyl (C=O) groups is 1. The fourth-order valence-corrected chi connectivity index (χ4v) is 3.28. The molecule has 3 N–H and O–H groups in total. The molecule has 1 aromatic carbocycles. The van der Waals surface area contributed by atoms with E-state index in [9.17, 15) is 19.8 Å². The molecular weight excluding hydrogens is 370 g/mol. The normalized spacial score (nSPS) is 26.8. The Labute approximate surface area is 160 Å². The monoisotopic (exact) mass is 393 g/mol. The van der Waals surface area contributed by atoms with Gasteiger partial charge >= 0.3 is 5.63 Å². The third-order valence-electron chi connectivity index (χ3n) is 4.57. The van der Waals surface area contributed by atoms with Gasteiger partial charge in [0.2, 0.25) is 12.2 Å². The number of amides is 1. The van der Waals surface area contributed by atoms with Gasteiger partial charge in [-0.3, -0.25) is 4.79 Å². The molecule has 1 aliphatic heterocycles. The topological polar surface area (TPSA) is 127 Å². The lowest BCUT2D eigenvalue weighted by molar-refractivity contribution is -0.305. The first-order valence-corrected chi connectivity index (χ1v) is 8.71. The number of fused-ring (bicyclic) bond motifs is 1. The van der Waals surface area contributed by atoms with Crippen molar-refractivity contribution in [3.8, 4) is 5.75 Å². The van der Waals surface area contributed by atoms with Crippen molar-refractivity contribution in [1.82, 2.24) is 0 Å². The Kier molecular flexibility index (Phi) is 5.44. The third-order valence-corrected chi connectivity index (χ3v) is 4.57. The number of carbonyl (C=O) groups excluding carboxylic acids is 1. The van der Waals surface area contributed by atoms with E-state index in [-0.39, 0.29) is 22.9 Å². The molecular formula is C19H23NO8. The zero-order valence-electron chi connectivity index (χ0n) is 16.0. The van der Waals surface area contributed by atoms with Gasteiger partial charge in [-0.25, -0.2) is 4.79 Å². The van der Waals surface area contributed by atoms with Crippen LogP contribution in [0.5, 0.6) is 5.75 Å². The van der Waals surface area contributed by atoms with Crippen LogP contribution in [0.1, 0.15) is 20.8 Å². The van der Waals surface area contributed by atoms with E-state index < -0.39 is 35.8 Å². The molecule has 1 aliphatic rings. The molecule has 0 radical (unpaired) electrons. The third kappa shape index (κ3) is 3.88. The van der Waals surface area contributed by atoms with Gasteiger partial charge in [0.05, 0.1) is 5.60 Å². The van der Waals surface area contributed by atoms with Crippen LogP contribution in [0.3, 0.4) is 0 Å². The largest absolute Gasteiger partial charge is 0.462 e. The number of hydrogen-bond donors (Lipinski definition) is 3. The molecule has 9 nitrogen and oxygen atoms in total. The van der Waals surface area contributed by atoms with Crippen LogP contribution in [0.4, 0.5) is 5.69 Å². The summed E-state index contributed by atoms with van der Waals surface area (Å²) in [5, 5.41) is 23.6. The van der Waals surface area contributed by atoms with Crippen molar-refractivity contribution in [2.75, 3.05) is 12.4 Å². The van der Waals surface area contributed by atoms with Crippen LogP contribution >= 0.6 is 0 Å². The van der Waals surface area contributed by atoms with Crippen molar-refractivity contribution in [3.05, 3.63) is 34.7 Å². The molecule has 2 aromatic rings. The van der Waals surface area contributed by atoms with Gasteiger partial charge in [-0.15, -0.1) is 0 Å². The van der Waals surface area contributed by atoms with Crippen molar-refractivity contribution in [2.24, 2.45) is 0 Å². The Hall–Kier alpha value is -2.46. The minimum Gasteiger partial charge on any atom is -0.462 e. The average molecular weight is 393 g/mol. The second-order valence-corrected chi connectivity index (χ2v) is 7.17. The standard InChI is InChI=1S/C19H23NO8/c1-9(21)20-12-7-10-5-6-11(8-13(10)27-17(12)24)26-18-15(23)14(22)16(25-4)19(2,3)28-18/h5-8,14-16,18,22-23H,1-4H3,(H,20,21)/t14-,15-,16+,18?/m0/s1. The van der Waals surface area contributed by atoms with Crippen molar-refractivity contribution >= 4 is 22.6 Å². The van der Waals surface area contributed by atoms with Crippen LogP contribution in [0, 0.1) is 0 Å². The number of nitrogens with one attached hydrogen (secondary N) is 1. The van der Waals surface area contributed by atoms with Gasteiger partial charge in [-0.1, -0.05) is 0 Å². The number of hydrogen-bond acceptors (Lipinski definition) is 8. The number of aliphatic hydroxyl groups excluding tert-OH is 2. The Morgan fingerprint density at radius 3 is 2.57 bits per heavy atom. The summed E-state index contributed by atoms with van der Waals surface area (Å²) in [7, 11) is 1.42. The molecule has 152 valence electrons. The summed E-state index contributed by atoms with van der Waals surface area (Å²) in [6, 6.07) is 6.19. The van der Waals surface area contributed by atoms with E-state index in [2.05, 4.69) is 5.32 Å². The van der Waals surface area contributed by atoms with Crippen LogP contribution in [-0.4, -0.2) is 53.4 Å². The first-order valence-electron chi connectivity index (χ1n) is 8.71. The van der Waals surface area contributed by atoms with E-state index in [4.69, 9.17) is 18.6 Å². The van der Waals surface area contributed by atoms with Gasteiger partial charge in [-0.2, -0.15) is 0 Å². The van der Waals surface area contributed by atoms with Gasteiger partial charge in [0.1, 0.15) is 35.3 Å². The summed E-state index contributed by atoms with van der Waals surface area (Å²) in [4.78, 5) is 23.1. The van der Waals surface area contributed by atoms with Crippen LogP contribution in [0.25, 0.3) is 11.0 Å². The van der Waals surface area contributed by atoms with Crippen LogP contribution in [0.2, 0.25) is 0 Å². The van der Waals surface area contributed by atoms with Gasteiger partial charge in [0, 0.05) is 25.5 Å². The maximum Gasteiger partial charge on any atom is 0.360 e. The van der Waals surface area contributed by atoms with Crippen molar-refractivity contribution in [2.45, 2.75) is 51.0 Å². The summed E-state index contributed by atoms with van der Waals surface area (Å²) >= 11 is 0. The first-order chi connectivity index (χ1) is 13.1. The lowest BCUT2D eigenvalue weighted by Crippen LogP contribution is -2.63. The lowest BCUT2D eigenvalue weighted by Gasteiger charge is -2.46. The summed E-state index contributed by atoms with van der Waals surface area (Å²) in [5.74, 6) is -0.114. The molecule has 1 saturated heterocycles. The first kappa shape index (κ1) is 20.3. The predicted octanol–water partition coefficient (Wildman–Crippen LogP) is 1.00. The highest BCUT2D eigenvalue weighted by Crippen LogP contribution is 2.33. The number of benzene rings is 1. The van der Waals surface area contributed by atoms with Crippen LogP contribution in [-0.2, 0) is 14.3 Å². The molecule has 1 fully saturated rings. The van der Waals surface area contributed by atoms with E-state index in [1.165, 1.54) is 26.2 Å². The minimum atomic E-state index is -1.34. The van der Waals surface area contributed by atoms with Crippen molar-refractivity contribution in [3.63, 3.8) is 0 Å². The molecule has 1 unspecified atom stereocenters. The van der Waals surface area contributed by atoms with Crippen LogP contribution in [0.15, 0.2) is 33.5 Å². The van der Waals surface area contributed by atoms with Crippen molar-refractivity contribution < 1.29 is 33.6 Å². The van der Waals surface area contributed by atoms with Gasteiger partial charge < -0.3 is 34.2 Å². The quantitative estimate of drug-likeness (QED) is 0.657.